The third-order valence-electron chi connectivity index (χ3n) is 2.58. The van der Waals surface area contributed by atoms with E-state index in [2.05, 4.69) is 12.2 Å². The first-order valence-electron chi connectivity index (χ1n) is 5.32. The standard InChI is InChI=1S/C13H16O2/c1-14-12-7-4-11(5-8-12)6-9-13-3-2-10-15-13/h4-9,13H,2-3,10H2,1H3/b9-6+. The van der Waals surface area contributed by atoms with Crippen molar-refractivity contribution in [3.8, 4) is 5.75 Å². The molecule has 0 bridgehead atoms. The molecule has 0 N–H and O–H groups in total. The predicted molar refractivity (Wildman–Crippen MR) is 61.0 cm³/mol. The molecule has 2 nitrogen and oxygen atoms in total. The van der Waals surface area contributed by atoms with E-state index < -0.39 is 0 Å². The highest BCUT2D eigenvalue weighted by atomic mass is 16.5. The minimum atomic E-state index is 0.312. The molecule has 0 aliphatic carbocycles. The third kappa shape index (κ3) is 2.83. The number of methoxy groups -OCH3 is 1. The van der Waals surface area contributed by atoms with E-state index in [1.807, 2.05) is 24.3 Å². The van der Waals surface area contributed by atoms with Gasteiger partial charge in [0.1, 0.15) is 5.75 Å². The van der Waals surface area contributed by atoms with Gasteiger partial charge in [-0.3, -0.25) is 0 Å². The number of benzene rings is 1. The molecule has 1 atom stereocenters. The van der Waals surface area contributed by atoms with Gasteiger partial charge < -0.3 is 9.47 Å². The van der Waals surface area contributed by atoms with Crippen LogP contribution in [-0.4, -0.2) is 19.8 Å². The fourth-order valence-corrected chi connectivity index (χ4v) is 1.69. The van der Waals surface area contributed by atoms with E-state index in [0.717, 1.165) is 18.8 Å². The summed E-state index contributed by atoms with van der Waals surface area (Å²) in [6.45, 7) is 0.900. The van der Waals surface area contributed by atoms with Crippen LogP contribution >= 0.6 is 0 Å². The predicted octanol–water partition coefficient (Wildman–Crippen LogP) is 2.89. The zero-order valence-corrected chi connectivity index (χ0v) is 8.98. The smallest absolute Gasteiger partial charge is 0.118 e. The molecule has 1 saturated heterocycles. The van der Waals surface area contributed by atoms with Crippen molar-refractivity contribution in [1.82, 2.24) is 0 Å². The second-order valence-electron chi connectivity index (χ2n) is 3.68. The van der Waals surface area contributed by atoms with Gasteiger partial charge in [0, 0.05) is 6.61 Å². The molecule has 0 aromatic heterocycles. The van der Waals surface area contributed by atoms with E-state index >= 15 is 0 Å². The molecule has 1 aromatic rings. The van der Waals surface area contributed by atoms with Crippen molar-refractivity contribution in [2.24, 2.45) is 0 Å². The van der Waals surface area contributed by atoms with Crippen LogP contribution in [0.3, 0.4) is 0 Å². The summed E-state index contributed by atoms with van der Waals surface area (Å²) in [6, 6.07) is 8.03. The quantitative estimate of drug-likeness (QED) is 0.753. The SMILES string of the molecule is COc1ccc(/C=C/C2CCCO2)cc1. The molecule has 0 amide bonds. The molecule has 1 fully saturated rings. The Labute approximate surface area is 90.5 Å². The van der Waals surface area contributed by atoms with Crippen molar-refractivity contribution in [1.29, 1.82) is 0 Å². The molecular formula is C13H16O2. The number of hydrogen-bond donors (Lipinski definition) is 0. The highest BCUT2D eigenvalue weighted by Gasteiger charge is 2.10. The summed E-state index contributed by atoms with van der Waals surface area (Å²) in [5.41, 5.74) is 1.19. The van der Waals surface area contributed by atoms with Crippen LogP contribution in [0.5, 0.6) is 5.75 Å². The Morgan fingerprint density at radius 1 is 1.33 bits per heavy atom. The molecule has 1 aliphatic heterocycles. The molecule has 0 radical (unpaired) electrons. The van der Waals surface area contributed by atoms with Gasteiger partial charge in [-0.25, -0.2) is 0 Å². The molecule has 1 aliphatic rings. The fraction of sp³-hybridized carbons (Fsp3) is 0.385. The fourth-order valence-electron chi connectivity index (χ4n) is 1.69. The van der Waals surface area contributed by atoms with Crippen LogP contribution in [0.1, 0.15) is 18.4 Å². The van der Waals surface area contributed by atoms with Crippen LogP contribution in [0.15, 0.2) is 30.3 Å². The summed E-state index contributed by atoms with van der Waals surface area (Å²) in [5.74, 6) is 0.893. The Morgan fingerprint density at radius 2 is 2.13 bits per heavy atom. The van der Waals surface area contributed by atoms with Crippen LogP contribution < -0.4 is 4.74 Å². The minimum Gasteiger partial charge on any atom is -0.497 e. The van der Waals surface area contributed by atoms with Crippen molar-refractivity contribution in [3.05, 3.63) is 35.9 Å². The summed E-state index contributed by atoms with van der Waals surface area (Å²) in [4.78, 5) is 0. The Bertz CT molecular complexity index is 321. The zero-order valence-electron chi connectivity index (χ0n) is 8.98. The second kappa shape index (κ2) is 4.99. The van der Waals surface area contributed by atoms with Crippen LogP contribution in [-0.2, 0) is 4.74 Å². The highest BCUT2D eigenvalue weighted by molar-refractivity contribution is 5.51. The topological polar surface area (TPSA) is 18.5 Å². The lowest BCUT2D eigenvalue weighted by Crippen LogP contribution is -1.98. The molecule has 1 aromatic carbocycles. The van der Waals surface area contributed by atoms with Gasteiger partial charge in [-0.05, 0) is 30.5 Å². The number of ether oxygens (including phenoxy) is 2. The zero-order chi connectivity index (χ0) is 10.5. The second-order valence-corrected chi connectivity index (χ2v) is 3.68. The molecular weight excluding hydrogens is 188 g/mol. The lowest BCUT2D eigenvalue weighted by molar-refractivity contribution is 0.146. The first-order chi connectivity index (χ1) is 7.38. The van der Waals surface area contributed by atoms with E-state index in [9.17, 15) is 0 Å². The monoisotopic (exact) mass is 204 g/mol. The van der Waals surface area contributed by atoms with Crippen molar-refractivity contribution in [2.75, 3.05) is 13.7 Å². The molecule has 1 unspecified atom stereocenters. The number of rotatable bonds is 3. The Hall–Kier alpha value is -1.28. The minimum absolute atomic E-state index is 0.312. The molecule has 15 heavy (non-hydrogen) atoms. The van der Waals surface area contributed by atoms with E-state index in [-0.39, 0.29) is 0 Å². The summed E-state index contributed by atoms with van der Waals surface area (Å²) >= 11 is 0. The van der Waals surface area contributed by atoms with Crippen molar-refractivity contribution in [2.45, 2.75) is 18.9 Å². The largest absolute Gasteiger partial charge is 0.497 e. The molecule has 0 saturated carbocycles. The summed E-state index contributed by atoms with van der Waals surface area (Å²) < 4.78 is 10.6. The Balaban J connectivity index is 1.97. The Kier molecular flexibility index (Phi) is 3.41. The van der Waals surface area contributed by atoms with Gasteiger partial charge in [-0.15, -0.1) is 0 Å². The summed E-state index contributed by atoms with van der Waals surface area (Å²) in [5, 5.41) is 0. The summed E-state index contributed by atoms with van der Waals surface area (Å²) in [7, 11) is 1.68. The Morgan fingerprint density at radius 3 is 2.73 bits per heavy atom. The van der Waals surface area contributed by atoms with E-state index in [0.29, 0.717) is 6.10 Å². The van der Waals surface area contributed by atoms with Gasteiger partial charge in [-0.2, -0.15) is 0 Å². The first kappa shape index (κ1) is 10.2. The van der Waals surface area contributed by atoms with Crippen molar-refractivity contribution < 1.29 is 9.47 Å². The van der Waals surface area contributed by atoms with E-state index in [1.54, 1.807) is 7.11 Å². The lowest BCUT2D eigenvalue weighted by atomic mass is 10.1. The maximum atomic E-state index is 5.51. The lowest BCUT2D eigenvalue weighted by Gasteiger charge is -2.02. The van der Waals surface area contributed by atoms with Gasteiger partial charge in [0.15, 0.2) is 0 Å². The maximum absolute atomic E-state index is 5.51. The van der Waals surface area contributed by atoms with Crippen LogP contribution in [0.25, 0.3) is 6.08 Å². The normalized spacial score (nSPS) is 21.0. The average Bonchev–Trinajstić information content (AvgIpc) is 2.80. The maximum Gasteiger partial charge on any atom is 0.118 e. The third-order valence-corrected chi connectivity index (χ3v) is 2.58. The van der Waals surface area contributed by atoms with Crippen molar-refractivity contribution in [3.63, 3.8) is 0 Å². The van der Waals surface area contributed by atoms with Gasteiger partial charge >= 0.3 is 0 Å². The van der Waals surface area contributed by atoms with E-state index in [1.165, 1.54) is 12.0 Å². The van der Waals surface area contributed by atoms with Crippen LogP contribution in [0.4, 0.5) is 0 Å². The summed E-state index contributed by atoms with van der Waals surface area (Å²) in [6.07, 6.45) is 6.88. The van der Waals surface area contributed by atoms with Gasteiger partial charge in [-0.1, -0.05) is 24.3 Å². The van der Waals surface area contributed by atoms with Gasteiger partial charge in [0.2, 0.25) is 0 Å². The van der Waals surface area contributed by atoms with Crippen molar-refractivity contribution >= 4 is 6.08 Å². The average molecular weight is 204 g/mol. The molecule has 0 spiro atoms. The first-order valence-corrected chi connectivity index (χ1v) is 5.32. The molecule has 2 rings (SSSR count). The van der Waals surface area contributed by atoms with E-state index in [4.69, 9.17) is 9.47 Å². The molecule has 80 valence electrons. The van der Waals surface area contributed by atoms with Gasteiger partial charge in [0.05, 0.1) is 13.2 Å². The van der Waals surface area contributed by atoms with Crippen LogP contribution in [0.2, 0.25) is 0 Å². The van der Waals surface area contributed by atoms with Gasteiger partial charge in [0.25, 0.3) is 0 Å². The highest BCUT2D eigenvalue weighted by Crippen LogP contribution is 2.16. The van der Waals surface area contributed by atoms with Crippen LogP contribution in [0, 0.1) is 0 Å². The molecule has 2 heteroatoms. The molecule has 1 heterocycles. The number of hydrogen-bond acceptors (Lipinski definition) is 2.